The Morgan fingerprint density at radius 2 is 1.20 bits per heavy atom. The van der Waals surface area contributed by atoms with Gasteiger partial charge < -0.3 is 0 Å². The zero-order chi connectivity index (χ0) is 2.00. The minimum absolute atomic E-state index is 0. The monoisotopic (exact) mass is 526 g/mol. The van der Waals surface area contributed by atoms with E-state index in [1.54, 1.807) is 0 Å². The van der Waals surface area contributed by atoms with Crippen molar-refractivity contribution in [2.24, 2.45) is 0 Å². The van der Waals surface area contributed by atoms with Crippen LogP contribution < -0.4 is 0 Å². The van der Waals surface area contributed by atoms with Gasteiger partial charge in [-0.05, 0) is 0 Å². The van der Waals surface area contributed by atoms with Gasteiger partial charge in [-0.3, -0.25) is 0 Å². The average Bonchev–Trinajstić information content (AvgIpc) is 1.00. The van der Waals surface area contributed by atoms with Crippen LogP contribution in [0.5, 0.6) is 0 Å². The van der Waals surface area contributed by atoms with Crippen LogP contribution in [0.4, 0.5) is 0 Å². The zero-order valence-corrected chi connectivity index (χ0v) is 15.5. The second-order valence-electron chi connectivity index (χ2n) is 0. The third-order valence-corrected chi connectivity index (χ3v) is 0. The van der Waals surface area contributed by atoms with Crippen LogP contribution in [-0.2, 0) is 27.2 Å². The Hall–Kier alpha value is 4.62. The molecule has 20 valence electrons. The van der Waals surface area contributed by atoms with Gasteiger partial charge in [-0.15, -0.1) is 0 Å². The van der Waals surface area contributed by atoms with Crippen LogP contribution in [0.15, 0.2) is 0 Å². The van der Waals surface area contributed by atoms with Crippen molar-refractivity contribution < 1.29 is 144 Å². The Morgan fingerprint density at radius 1 is 1.20 bits per heavy atom. The Balaban J connectivity index is -0.00000000167. The normalized spacial score (nSPS) is 1.20. The van der Waals surface area contributed by atoms with Crippen molar-refractivity contribution >= 4 is 0 Å². The third kappa shape index (κ3) is 17.7. The summed E-state index contributed by atoms with van der Waals surface area (Å²) in [6.45, 7) is 0. The molecular weight excluding hydrogens is 527 g/mol. The van der Waals surface area contributed by atoms with Crippen molar-refractivity contribution in [2.45, 2.75) is 0 Å². The fourth-order valence-corrected chi connectivity index (χ4v) is 0. The SMILES string of the molecule is [Ce].[La].[O]=[Pr].[Zr]. The molecule has 0 aromatic heterocycles. The Morgan fingerprint density at radius 3 is 1.20 bits per heavy atom. The van der Waals surface area contributed by atoms with Gasteiger partial charge in [-0.25, -0.2) is 0 Å². The van der Waals surface area contributed by atoms with E-state index in [9.17, 15) is 0 Å². The maximum atomic E-state index is 8.42. The van der Waals surface area contributed by atoms with Crippen LogP contribution >= 0.6 is 0 Å². The van der Waals surface area contributed by atoms with Crippen LogP contribution in [0, 0.1) is 117 Å². The van der Waals surface area contributed by atoms with Gasteiger partial charge in [0.05, 0.1) is 0 Å². The predicted molar refractivity (Wildman–Crippen MR) is 0.686 cm³/mol. The maximum Gasteiger partial charge on any atom is 0 e. The molecule has 0 aliphatic heterocycles. The largest absolute Gasteiger partial charge is 0 e. The van der Waals surface area contributed by atoms with Gasteiger partial charge in [0.15, 0.2) is 0 Å². The fourth-order valence-electron chi connectivity index (χ4n) is 0. The molecule has 5 heteroatoms. The summed E-state index contributed by atoms with van der Waals surface area (Å²) in [6, 6.07) is 0. The first-order chi connectivity index (χ1) is 1.00. The second kappa shape index (κ2) is 23.5. The average molecular weight is 527 g/mol. The van der Waals surface area contributed by atoms with Crippen LogP contribution in [0.2, 0.25) is 0 Å². The summed E-state index contributed by atoms with van der Waals surface area (Å²) in [5.41, 5.74) is 0. The summed E-state index contributed by atoms with van der Waals surface area (Å²) < 4.78 is 8.42. The molecule has 1 nitrogen and oxygen atoms in total. The minimum Gasteiger partial charge on any atom is 0 e. The van der Waals surface area contributed by atoms with Crippen LogP contribution in [0.3, 0.4) is 0 Å². The van der Waals surface area contributed by atoms with E-state index in [2.05, 4.69) is 0 Å². The van der Waals surface area contributed by atoms with E-state index >= 15 is 0 Å². The molecule has 0 N–H and O–H groups in total. The van der Waals surface area contributed by atoms with Crippen LogP contribution in [0.25, 0.3) is 0 Å². The van der Waals surface area contributed by atoms with Crippen LogP contribution in [0.1, 0.15) is 0 Å². The fraction of sp³-hybridized carbons (Fsp3) is 0. The molecule has 0 amide bonds. The van der Waals surface area contributed by atoms with Crippen molar-refractivity contribution in [3.05, 3.63) is 0 Å². The molecule has 0 fully saturated rings. The Kier molecular flexibility index (Phi) is 106. The number of hydrogen-bond acceptors (Lipinski definition) is 1. The van der Waals surface area contributed by atoms with E-state index in [0.29, 0.717) is 0 Å². The van der Waals surface area contributed by atoms with E-state index in [-0.39, 0.29) is 143 Å². The number of hydrogen-bond donors (Lipinski definition) is 0. The molecule has 0 unspecified atom stereocenters. The molecule has 0 rings (SSSR count). The molecule has 0 aromatic carbocycles. The van der Waals surface area contributed by atoms with E-state index in [1.807, 2.05) is 0 Å². The smallest absolute Gasteiger partial charge is 0 e. The molecule has 0 heterocycles. The summed E-state index contributed by atoms with van der Waals surface area (Å²) in [4.78, 5) is 0. The molecular formula is CeLaOPrZr. The predicted octanol–water partition coefficient (Wildman–Crippen LogP) is -0.121. The standard InChI is InChI=1S/Ce.La.O.Pr.Zr. The van der Waals surface area contributed by atoms with E-state index in [4.69, 9.17) is 0.995 Å². The van der Waals surface area contributed by atoms with Crippen LogP contribution in [-0.4, -0.2) is 0 Å². The Bertz CT molecular complexity index is 11.6. The first-order valence-electron chi connectivity index (χ1n) is 0.236. The van der Waals surface area contributed by atoms with Gasteiger partial charge in [0.2, 0.25) is 0 Å². The first kappa shape index (κ1) is 22.6. The maximum absolute atomic E-state index is 8.42. The molecule has 0 saturated heterocycles. The summed E-state index contributed by atoms with van der Waals surface area (Å²) in [5.74, 6) is 0. The van der Waals surface area contributed by atoms with E-state index in [0.717, 1.165) is 0 Å². The van der Waals surface area contributed by atoms with Crippen molar-refractivity contribution in [1.29, 1.82) is 0 Å². The minimum atomic E-state index is -0.0833. The third-order valence-electron chi connectivity index (χ3n) is 0. The first-order valence-corrected chi connectivity index (χ1v) is 1.75. The van der Waals surface area contributed by atoms with Gasteiger partial charge in [-0.2, -0.15) is 0 Å². The quantitative estimate of drug-likeness (QED) is 0.430. The van der Waals surface area contributed by atoms with Crippen molar-refractivity contribution in [1.82, 2.24) is 0 Å². The topological polar surface area (TPSA) is 17.1 Å². The summed E-state index contributed by atoms with van der Waals surface area (Å²) >= 11 is -0.0833. The molecule has 0 saturated carbocycles. The van der Waals surface area contributed by atoms with Gasteiger partial charge in [0.1, 0.15) is 0 Å². The zero-order valence-electron chi connectivity index (χ0n) is 2.56. The summed E-state index contributed by atoms with van der Waals surface area (Å²) in [6.07, 6.45) is 0. The van der Waals surface area contributed by atoms with Gasteiger partial charge in [-0.1, -0.05) is 0 Å². The summed E-state index contributed by atoms with van der Waals surface area (Å²) in [5, 5.41) is 0. The van der Waals surface area contributed by atoms with Crippen molar-refractivity contribution in [2.75, 3.05) is 0 Å². The molecule has 0 spiro atoms. The van der Waals surface area contributed by atoms with Crippen molar-refractivity contribution in [3.63, 3.8) is 0 Å². The van der Waals surface area contributed by atoms with E-state index in [1.165, 1.54) is 0 Å². The second-order valence-corrected chi connectivity index (χ2v) is 0. The summed E-state index contributed by atoms with van der Waals surface area (Å²) in [7, 11) is 0. The molecule has 0 aliphatic carbocycles. The molecule has 0 aromatic rings. The molecule has 5 heavy (non-hydrogen) atoms. The van der Waals surface area contributed by atoms with Gasteiger partial charge in [0.25, 0.3) is 0 Å². The van der Waals surface area contributed by atoms with E-state index < -0.39 is 0 Å². The molecule has 1 radical (unpaired) electrons. The molecule has 0 aliphatic rings. The molecule has 0 atom stereocenters. The van der Waals surface area contributed by atoms with Gasteiger partial charge in [0, 0.05) is 104 Å². The van der Waals surface area contributed by atoms with Crippen molar-refractivity contribution in [3.8, 4) is 0 Å². The van der Waals surface area contributed by atoms with Gasteiger partial charge >= 0.3 is 40.3 Å². The Labute approximate surface area is 139 Å². The molecule has 0 bridgehead atoms. The number of rotatable bonds is 0.